The highest BCUT2D eigenvalue weighted by Crippen LogP contribution is 2.48. The third-order valence-corrected chi connectivity index (χ3v) is 4.26. The van der Waals surface area contributed by atoms with Crippen LogP contribution in [0.5, 0.6) is 0 Å². The summed E-state index contributed by atoms with van der Waals surface area (Å²) in [6.45, 7) is 2.43. The van der Waals surface area contributed by atoms with E-state index in [-0.39, 0.29) is 0 Å². The molecular formula is C14H19N. The fourth-order valence-corrected chi connectivity index (χ4v) is 3.20. The topological polar surface area (TPSA) is 12.0 Å². The molecule has 0 radical (unpaired) electrons. The minimum Gasteiger partial charge on any atom is -0.316 e. The molecule has 0 aromatic heterocycles. The average Bonchev–Trinajstić information content (AvgIpc) is 2.28. The predicted octanol–water partition coefficient (Wildman–Crippen LogP) is 2.93. The molecule has 0 amide bonds. The molecule has 1 aromatic rings. The number of benzene rings is 1. The van der Waals surface area contributed by atoms with Gasteiger partial charge in [-0.1, -0.05) is 36.8 Å². The highest BCUT2D eigenvalue weighted by molar-refractivity contribution is 5.21. The molecule has 15 heavy (non-hydrogen) atoms. The minimum atomic E-state index is 0.665. The molecule has 3 rings (SSSR count). The molecule has 2 fully saturated rings. The molecular weight excluding hydrogens is 182 g/mol. The van der Waals surface area contributed by atoms with Crippen molar-refractivity contribution < 1.29 is 0 Å². The van der Waals surface area contributed by atoms with Gasteiger partial charge in [0.15, 0.2) is 0 Å². The van der Waals surface area contributed by atoms with Crippen LogP contribution in [0.1, 0.15) is 37.2 Å². The summed E-state index contributed by atoms with van der Waals surface area (Å²) in [5.74, 6) is 0.750. The number of hydrogen-bond acceptors (Lipinski definition) is 1. The van der Waals surface area contributed by atoms with Crippen LogP contribution in [0.4, 0.5) is 0 Å². The number of piperidine rings is 1. The first-order valence-corrected chi connectivity index (χ1v) is 6.14. The van der Waals surface area contributed by atoms with Crippen LogP contribution in [0, 0.1) is 5.41 Å². The van der Waals surface area contributed by atoms with Gasteiger partial charge in [-0.25, -0.2) is 0 Å². The largest absolute Gasteiger partial charge is 0.316 e. The van der Waals surface area contributed by atoms with Gasteiger partial charge in [-0.15, -0.1) is 0 Å². The zero-order chi connectivity index (χ0) is 10.1. The fourth-order valence-electron chi connectivity index (χ4n) is 3.20. The first-order valence-electron chi connectivity index (χ1n) is 6.14. The molecule has 1 aromatic carbocycles. The molecule has 2 aliphatic rings. The van der Waals surface area contributed by atoms with Crippen molar-refractivity contribution in [1.82, 2.24) is 5.32 Å². The highest BCUT2D eigenvalue weighted by Gasteiger charge is 2.41. The maximum Gasteiger partial charge on any atom is 0.00205 e. The van der Waals surface area contributed by atoms with Gasteiger partial charge in [-0.2, -0.15) is 0 Å². The molecule has 1 unspecified atom stereocenters. The monoisotopic (exact) mass is 201 g/mol. The van der Waals surface area contributed by atoms with Crippen LogP contribution in [-0.2, 0) is 0 Å². The zero-order valence-corrected chi connectivity index (χ0v) is 9.21. The van der Waals surface area contributed by atoms with E-state index in [1.807, 2.05) is 0 Å². The fraction of sp³-hybridized carbons (Fsp3) is 0.571. The van der Waals surface area contributed by atoms with Gasteiger partial charge in [0.2, 0.25) is 0 Å². The van der Waals surface area contributed by atoms with Crippen molar-refractivity contribution in [1.29, 1.82) is 0 Å². The summed E-state index contributed by atoms with van der Waals surface area (Å²) >= 11 is 0. The lowest BCUT2D eigenvalue weighted by atomic mass is 9.62. The van der Waals surface area contributed by atoms with Crippen LogP contribution in [0.3, 0.4) is 0 Å². The van der Waals surface area contributed by atoms with Crippen LogP contribution >= 0.6 is 0 Å². The van der Waals surface area contributed by atoms with Crippen molar-refractivity contribution in [2.45, 2.75) is 31.6 Å². The smallest absolute Gasteiger partial charge is 0.00205 e. The van der Waals surface area contributed by atoms with Crippen LogP contribution in [0.25, 0.3) is 0 Å². The van der Waals surface area contributed by atoms with Crippen LogP contribution in [0.2, 0.25) is 0 Å². The Morgan fingerprint density at radius 3 is 2.60 bits per heavy atom. The zero-order valence-electron chi connectivity index (χ0n) is 9.21. The van der Waals surface area contributed by atoms with E-state index in [1.54, 1.807) is 0 Å². The lowest BCUT2D eigenvalue weighted by Crippen LogP contribution is -2.47. The quantitative estimate of drug-likeness (QED) is 0.736. The third kappa shape index (κ3) is 1.69. The molecule has 1 heteroatoms. The van der Waals surface area contributed by atoms with Crippen molar-refractivity contribution in [3.05, 3.63) is 35.9 Å². The average molecular weight is 201 g/mol. The van der Waals surface area contributed by atoms with Crippen molar-refractivity contribution in [2.24, 2.45) is 5.41 Å². The molecule has 0 bridgehead atoms. The Morgan fingerprint density at radius 1 is 1.13 bits per heavy atom. The molecule has 1 nitrogen and oxygen atoms in total. The Balaban J connectivity index is 1.77. The SMILES string of the molecule is c1ccc(C2CNCC3(CCC3)C2)cc1. The van der Waals surface area contributed by atoms with Gasteiger partial charge in [0.25, 0.3) is 0 Å². The van der Waals surface area contributed by atoms with E-state index >= 15 is 0 Å². The third-order valence-electron chi connectivity index (χ3n) is 4.26. The second-order valence-corrected chi connectivity index (χ2v) is 5.30. The second-order valence-electron chi connectivity index (χ2n) is 5.30. The van der Waals surface area contributed by atoms with E-state index in [0.29, 0.717) is 5.41 Å². The molecule has 1 aliphatic heterocycles. The number of hydrogen-bond donors (Lipinski definition) is 1. The first kappa shape index (κ1) is 9.41. The van der Waals surface area contributed by atoms with E-state index in [1.165, 1.54) is 44.3 Å². The standard InChI is InChI=1S/C14H19N/c1-2-5-12(6-3-1)13-9-14(7-4-8-14)11-15-10-13/h1-3,5-6,13,15H,4,7-11H2. The van der Waals surface area contributed by atoms with Crippen molar-refractivity contribution >= 4 is 0 Å². The van der Waals surface area contributed by atoms with Gasteiger partial charge in [0.1, 0.15) is 0 Å². The Hall–Kier alpha value is -0.820. The maximum atomic E-state index is 3.63. The Bertz CT molecular complexity index is 326. The lowest BCUT2D eigenvalue weighted by molar-refractivity contribution is 0.0818. The van der Waals surface area contributed by atoms with E-state index < -0.39 is 0 Å². The predicted molar refractivity (Wildman–Crippen MR) is 63.0 cm³/mol. The molecule has 80 valence electrons. The van der Waals surface area contributed by atoms with Crippen LogP contribution in [-0.4, -0.2) is 13.1 Å². The van der Waals surface area contributed by atoms with Gasteiger partial charge in [-0.3, -0.25) is 0 Å². The molecule has 1 saturated heterocycles. The van der Waals surface area contributed by atoms with Gasteiger partial charge in [0, 0.05) is 13.1 Å². The summed E-state index contributed by atoms with van der Waals surface area (Å²) in [7, 11) is 0. The lowest BCUT2D eigenvalue weighted by Gasteiger charge is -2.48. The molecule has 1 spiro atoms. The summed E-state index contributed by atoms with van der Waals surface area (Å²) in [5, 5.41) is 3.63. The first-order chi connectivity index (χ1) is 7.38. The molecule has 1 aliphatic carbocycles. The minimum absolute atomic E-state index is 0.665. The molecule has 1 saturated carbocycles. The van der Waals surface area contributed by atoms with Gasteiger partial charge < -0.3 is 5.32 Å². The summed E-state index contributed by atoms with van der Waals surface area (Å²) in [4.78, 5) is 0. The van der Waals surface area contributed by atoms with Gasteiger partial charge in [0.05, 0.1) is 0 Å². The summed E-state index contributed by atoms with van der Waals surface area (Å²) in [6.07, 6.45) is 5.75. The molecule has 1 N–H and O–H groups in total. The van der Waals surface area contributed by atoms with E-state index in [9.17, 15) is 0 Å². The molecule has 1 heterocycles. The molecule has 1 atom stereocenters. The van der Waals surface area contributed by atoms with Crippen LogP contribution < -0.4 is 5.32 Å². The van der Waals surface area contributed by atoms with E-state index in [4.69, 9.17) is 0 Å². The summed E-state index contributed by atoms with van der Waals surface area (Å²) in [6, 6.07) is 11.0. The van der Waals surface area contributed by atoms with Crippen molar-refractivity contribution in [2.75, 3.05) is 13.1 Å². The van der Waals surface area contributed by atoms with Gasteiger partial charge in [-0.05, 0) is 36.2 Å². The normalized spacial score (nSPS) is 28.7. The summed E-state index contributed by atoms with van der Waals surface area (Å²) in [5.41, 5.74) is 2.19. The number of nitrogens with one attached hydrogen (secondary N) is 1. The van der Waals surface area contributed by atoms with E-state index in [2.05, 4.69) is 35.6 Å². The Kier molecular flexibility index (Phi) is 2.28. The Labute approximate surface area is 91.9 Å². The number of rotatable bonds is 1. The van der Waals surface area contributed by atoms with Crippen molar-refractivity contribution in [3.63, 3.8) is 0 Å². The Morgan fingerprint density at radius 2 is 1.93 bits per heavy atom. The van der Waals surface area contributed by atoms with Crippen molar-refractivity contribution in [3.8, 4) is 0 Å². The van der Waals surface area contributed by atoms with E-state index in [0.717, 1.165) is 5.92 Å². The summed E-state index contributed by atoms with van der Waals surface area (Å²) < 4.78 is 0. The maximum absolute atomic E-state index is 3.63. The van der Waals surface area contributed by atoms with Crippen LogP contribution in [0.15, 0.2) is 30.3 Å². The van der Waals surface area contributed by atoms with Gasteiger partial charge >= 0.3 is 0 Å². The highest BCUT2D eigenvalue weighted by atomic mass is 14.9. The second kappa shape index (κ2) is 3.64.